The van der Waals surface area contributed by atoms with E-state index < -0.39 is 5.41 Å². The van der Waals surface area contributed by atoms with E-state index in [2.05, 4.69) is 0 Å². The number of hydrogen-bond acceptors (Lipinski definition) is 1. The zero-order chi connectivity index (χ0) is 21.2. The Morgan fingerprint density at radius 3 is 2.17 bits per heavy atom. The summed E-state index contributed by atoms with van der Waals surface area (Å²) < 4.78 is 20.7. The first kappa shape index (κ1) is 22.5. The van der Waals surface area contributed by atoms with Crippen molar-refractivity contribution in [3.8, 4) is 5.75 Å². The molecule has 0 fully saturated rings. The van der Waals surface area contributed by atoms with Crippen molar-refractivity contribution in [1.29, 1.82) is 0 Å². The van der Waals surface area contributed by atoms with Gasteiger partial charge in [-0.2, -0.15) is 0 Å². The van der Waals surface area contributed by atoms with E-state index in [1.165, 1.54) is 0 Å². The normalized spacial score (nSPS) is 14.8. The zero-order valence-corrected chi connectivity index (χ0v) is 19.2. The molecule has 0 amide bonds. The van der Waals surface area contributed by atoms with Crippen LogP contribution in [-0.4, -0.2) is 6.61 Å². The summed E-state index contributed by atoms with van der Waals surface area (Å²) in [5.41, 5.74) is 2.26. The fraction of sp³-hybridized carbons (Fsp3) is 0.304. The first-order valence-corrected chi connectivity index (χ1v) is 10.8. The summed E-state index contributed by atoms with van der Waals surface area (Å²) in [5.74, 6) is 0.463. The molecule has 0 N–H and O–H groups in total. The molecule has 0 saturated heterocycles. The minimum atomic E-state index is -0.475. The molecule has 0 atom stereocenters. The molecule has 2 aromatic carbocycles. The predicted octanol–water partition coefficient (Wildman–Crippen LogP) is 8.99. The van der Waals surface area contributed by atoms with Gasteiger partial charge in [-0.3, -0.25) is 0 Å². The smallest absolute Gasteiger partial charge is 0.123 e. The van der Waals surface area contributed by atoms with Crippen molar-refractivity contribution in [3.63, 3.8) is 0 Å². The van der Waals surface area contributed by atoms with E-state index in [4.69, 9.17) is 51.1 Å². The van der Waals surface area contributed by atoms with Gasteiger partial charge < -0.3 is 4.74 Å². The van der Waals surface area contributed by atoms with Gasteiger partial charge in [-0.1, -0.05) is 71.9 Å². The maximum atomic E-state index is 15.0. The highest BCUT2D eigenvalue weighted by atomic mass is 35.5. The molecule has 2 aromatic rings. The Morgan fingerprint density at radius 1 is 0.897 bits per heavy atom. The molecule has 0 unspecified atom stereocenters. The van der Waals surface area contributed by atoms with Gasteiger partial charge >= 0.3 is 0 Å². The van der Waals surface area contributed by atoms with E-state index >= 15 is 0 Å². The fourth-order valence-electron chi connectivity index (χ4n) is 3.48. The van der Waals surface area contributed by atoms with Crippen LogP contribution in [0.4, 0.5) is 4.39 Å². The summed E-state index contributed by atoms with van der Waals surface area (Å²) >= 11 is 24.1. The molecule has 0 saturated carbocycles. The molecule has 1 nitrogen and oxygen atoms in total. The Kier molecular flexibility index (Phi) is 7.22. The predicted molar refractivity (Wildman–Crippen MR) is 122 cm³/mol. The lowest BCUT2D eigenvalue weighted by molar-refractivity contribution is 0.319. The van der Waals surface area contributed by atoms with Crippen LogP contribution in [0.25, 0.3) is 0 Å². The van der Waals surface area contributed by atoms with Crippen LogP contribution in [0.2, 0.25) is 20.1 Å². The average molecular weight is 474 g/mol. The van der Waals surface area contributed by atoms with E-state index in [0.717, 1.165) is 23.1 Å². The molecular formula is C23H21Cl4FO. The van der Waals surface area contributed by atoms with Gasteiger partial charge in [-0.05, 0) is 54.3 Å². The van der Waals surface area contributed by atoms with Gasteiger partial charge in [0.2, 0.25) is 0 Å². The Hall–Kier alpha value is -1.19. The first-order chi connectivity index (χ1) is 13.7. The second-order valence-electron chi connectivity index (χ2n) is 7.56. The van der Waals surface area contributed by atoms with Gasteiger partial charge in [0.1, 0.15) is 11.6 Å². The number of allylic oxidation sites excluding steroid dienone is 3. The Labute approximate surface area is 191 Å². The van der Waals surface area contributed by atoms with Crippen molar-refractivity contribution in [3.05, 3.63) is 85.1 Å². The van der Waals surface area contributed by atoms with Crippen LogP contribution >= 0.6 is 46.4 Å². The molecule has 154 valence electrons. The molecule has 0 heterocycles. The number of hydrogen-bond donors (Lipinski definition) is 0. The molecule has 29 heavy (non-hydrogen) atoms. The van der Waals surface area contributed by atoms with Crippen molar-refractivity contribution in [2.45, 2.75) is 38.5 Å². The Bertz CT molecular complexity index is 979. The van der Waals surface area contributed by atoms with Crippen LogP contribution in [0, 0.1) is 0 Å². The summed E-state index contributed by atoms with van der Waals surface area (Å²) in [4.78, 5) is 0. The summed E-state index contributed by atoms with van der Waals surface area (Å²) in [6.07, 6.45) is 3.72. The van der Waals surface area contributed by atoms with Crippen molar-refractivity contribution in [1.82, 2.24) is 0 Å². The van der Waals surface area contributed by atoms with Crippen LogP contribution in [0.15, 0.2) is 59.4 Å². The molecule has 6 heteroatoms. The van der Waals surface area contributed by atoms with Gasteiger partial charge in [0, 0.05) is 17.9 Å². The third kappa shape index (κ3) is 5.30. The summed E-state index contributed by atoms with van der Waals surface area (Å²) in [7, 11) is 0. The summed E-state index contributed by atoms with van der Waals surface area (Å²) in [6, 6.07) is 10.6. The summed E-state index contributed by atoms with van der Waals surface area (Å²) in [5, 5.41) is 1.90. The molecule has 0 spiro atoms. The van der Waals surface area contributed by atoms with Gasteiger partial charge in [0.25, 0.3) is 0 Å². The lowest BCUT2D eigenvalue weighted by Gasteiger charge is -2.31. The molecule has 3 rings (SSSR count). The second-order valence-corrected chi connectivity index (χ2v) is 9.19. The van der Waals surface area contributed by atoms with Gasteiger partial charge in [0.05, 0.1) is 26.7 Å². The topological polar surface area (TPSA) is 9.23 Å². The third-order valence-corrected chi connectivity index (χ3v) is 6.77. The Morgan fingerprint density at radius 2 is 1.55 bits per heavy atom. The second kappa shape index (κ2) is 9.31. The van der Waals surface area contributed by atoms with Crippen molar-refractivity contribution < 1.29 is 9.13 Å². The molecule has 1 aliphatic carbocycles. The standard InChI is InChI=1S/C23H21Cl4FO/c1-23(2,15-4-7-18(24)20(26)12-15)17-6-3-14(11-22(17)28)9-10-29-16-5-8-19(25)21(27)13-16/h4-5,7-8,11-13H,3,6,9-10H2,1-2H3. The van der Waals surface area contributed by atoms with Crippen molar-refractivity contribution in [2.24, 2.45) is 0 Å². The van der Waals surface area contributed by atoms with Gasteiger partial charge in [-0.25, -0.2) is 4.39 Å². The van der Waals surface area contributed by atoms with Crippen LogP contribution in [0.3, 0.4) is 0 Å². The summed E-state index contributed by atoms with van der Waals surface area (Å²) in [6.45, 7) is 4.46. The SMILES string of the molecule is CC(C)(C1=C(F)C=C(CCOc2ccc(Cl)c(Cl)c2)CC1)c1ccc(Cl)c(Cl)c1. The lowest BCUT2D eigenvalue weighted by atomic mass is 9.73. The quantitative estimate of drug-likeness (QED) is 0.406. The average Bonchev–Trinajstić information content (AvgIpc) is 2.66. The molecule has 1 aliphatic rings. The fourth-order valence-corrected chi connectivity index (χ4v) is 4.06. The zero-order valence-electron chi connectivity index (χ0n) is 16.2. The van der Waals surface area contributed by atoms with E-state index in [9.17, 15) is 4.39 Å². The van der Waals surface area contributed by atoms with E-state index in [0.29, 0.717) is 45.3 Å². The Balaban J connectivity index is 1.69. The van der Waals surface area contributed by atoms with Crippen LogP contribution < -0.4 is 4.74 Å². The maximum absolute atomic E-state index is 15.0. The monoisotopic (exact) mass is 472 g/mol. The van der Waals surface area contributed by atoms with E-state index in [1.807, 2.05) is 26.0 Å². The van der Waals surface area contributed by atoms with Crippen LogP contribution in [0.5, 0.6) is 5.75 Å². The van der Waals surface area contributed by atoms with Crippen molar-refractivity contribution in [2.75, 3.05) is 6.61 Å². The number of ether oxygens (including phenoxy) is 1. The number of rotatable bonds is 6. The number of halogens is 5. The van der Waals surface area contributed by atoms with Crippen LogP contribution in [-0.2, 0) is 5.41 Å². The van der Waals surface area contributed by atoms with Gasteiger partial charge in [-0.15, -0.1) is 0 Å². The lowest BCUT2D eigenvalue weighted by Crippen LogP contribution is -2.23. The van der Waals surface area contributed by atoms with E-state index in [1.54, 1.807) is 30.3 Å². The van der Waals surface area contributed by atoms with Gasteiger partial charge in [0.15, 0.2) is 0 Å². The highest BCUT2D eigenvalue weighted by molar-refractivity contribution is 6.42. The van der Waals surface area contributed by atoms with E-state index in [-0.39, 0.29) is 5.83 Å². The minimum absolute atomic E-state index is 0.183. The minimum Gasteiger partial charge on any atom is -0.493 e. The highest BCUT2D eigenvalue weighted by Gasteiger charge is 2.30. The molecule has 0 bridgehead atoms. The molecular weight excluding hydrogens is 453 g/mol. The maximum Gasteiger partial charge on any atom is 0.123 e. The molecule has 0 radical (unpaired) electrons. The largest absolute Gasteiger partial charge is 0.493 e. The number of benzene rings is 2. The van der Waals surface area contributed by atoms with Crippen LogP contribution in [0.1, 0.15) is 38.7 Å². The first-order valence-electron chi connectivity index (χ1n) is 9.30. The molecule has 0 aromatic heterocycles. The highest BCUT2D eigenvalue weighted by Crippen LogP contribution is 2.42. The van der Waals surface area contributed by atoms with Crippen molar-refractivity contribution >= 4 is 46.4 Å². The molecule has 0 aliphatic heterocycles. The third-order valence-electron chi connectivity index (χ3n) is 5.29.